The second kappa shape index (κ2) is 7.49. The zero-order chi connectivity index (χ0) is 19.6. The Morgan fingerprint density at radius 3 is 2.56 bits per heavy atom. The molecule has 0 aliphatic carbocycles. The molecule has 1 aliphatic heterocycles. The van der Waals surface area contributed by atoms with Crippen LogP contribution >= 0.6 is 0 Å². The van der Waals surface area contributed by atoms with E-state index in [1.54, 1.807) is 31.2 Å². The van der Waals surface area contributed by atoms with Gasteiger partial charge < -0.3 is 20.5 Å². The molecule has 3 N–H and O–H groups in total. The predicted molar refractivity (Wildman–Crippen MR) is 100 cm³/mol. The number of aromatic carboxylic acids is 1. The Morgan fingerprint density at radius 1 is 1.26 bits per heavy atom. The first-order valence-corrected chi connectivity index (χ1v) is 8.57. The number of carboxylic acids is 1. The molecule has 2 amide bonds. The van der Waals surface area contributed by atoms with Crippen molar-refractivity contribution in [1.29, 1.82) is 0 Å². The molecule has 0 fully saturated rings. The SMILES string of the molecule is CCC(=O)Nc1cc2c(cc1OC)C(c1ccc(C(=O)O)cc1)CC(=O)N2. The first-order chi connectivity index (χ1) is 12.9. The first kappa shape index (κ1) is 18.4. The molecule has 0 saturated carbocycles. The minimum absolute atomic E-state index is 0.146. The third-order valence-electron chi connectivity index (χ3n) is 4.57. The van der Waals surface area contributed by atoms with E-state index in [1.165, 1.54) is 19.2 Å². The number of amides is 2. The number of benzene rings is 2. The molecule has 0 saturated heterocycles. The lowest BCUT2D eigenvalue weighted by molar-refractivity contribution is -0.117. The van der Waals surface area contributed by atoms with Crippen molar-refractivity contribution in [1.82, 2.24) is 0 Å². The summed E-state index contributed by atoms with van der Waals surface area (Å²) in [5.41, 5.74) is 2.97. The second-order valence-electron chi connectivity index (χ2n) is 6.27. The van der Waals surface area contributed by atoms with Gasteiger partial charge in [-0.2, -0.15) is 0 Å². The maximum Gasteiger partial charge on any atom is 0.335 e. The van der Waals surface area contributed by atoms with E-state index in [0.717, 1.165) is 11.1 Å². The number of anilines is 2. The van der Waals surface area contributed by atoms with Gasteiger partial charge in [-0.25, -0.2) is 4.79 Å². The van der Waals surface area contributed by atoms with Gasteiger partial charge in [-0.3, -0.25) is 9.59 Å². The van der Waals surface area contributed by atoms with Crippen LogP contribution in [0.2, 0.25) is 0 Å². The lowest BCUT2D eigenvalue weighted by Crippen LogP contribution is -2.24. The molecule has 0 aromatic heterocycles. The van der Waals surface area contributed by atoms with Crippen molar-refractivity contribution in [2.75, 3.05) is 17.7 Å². The minimum atomic E-state index is -0.999. The van der Waals surface area contributed by atoms with E-state index in [-0.39, 0.29) is 29.7 Å². The van der Waals surface area contributed by atoms with E-state index < -0.39 is 5.97 Å². The van der Waals surface area contributed by atoms with Crippen LogP contribution in [-0.4, -0.2) is 30.0 Å². The molecule has 140 valence electrons. The highest BCUT2D eigenvalue weighted by atomic mass is 16.5. The van der Waals surface area contributed by atoms with Crippen molar-refractivity contribution in [3.05, 3.63) is 53.1 Å². The fourth-order valence-electron chi connectivity index (χ4n) is 3.15. The van der Waals surface area contributed by atoms with Crippen LogP contribution in [0.5, 0.6) is 5.75 Å². The van der Waals surface area contributed by atoms with Crippen molar-refractivity contribution in [2.45, 2.75) is 25.7 Å². The standard InChI is InChI=1S/C20H20N2O5/c1-3-18(23)22-16-10-15-14(8-17(16)27-2)13(9-19(24)21-15)11-4-6-12(7-5-11)20(25)26/h4-8,10,13H,3,9H2,1-2H3,(H,21,24)(H,22,23)(H,25,26). The van der Waals surface area contributed by atoms with Gasteiger partial charge in [0.25, 0.3) is 0 Å². The zero-order valence-corrected chi connectivity index (χ0v) is 15.0. The fraction of sp³-hybridized carbons (Fsp3) is 0.250. The Balaban J connectivity index is 2.04. The number of carbonyl (C=O) groups excluding carboxylic acids is 2. The van der Waals surface area contributed by atoms with Crippen molar-refractivity contribution < 1.29 is 24.2 Å². The van der Waals surface area contributed by atoms with E-state index in [9.17, 15) is 14.4 Å². The lowest BCUT2D eigenvalue weighted by atomic mass is 9.84. The number of nitrogens with one attached hydrogen (secondary N) is 2. The number of carboxylic acid groups (broad SMARTS) is 1. The predicted octanol–water partition coefficient (Wildman–Crippen LogP) is 3.22. The van der Waals surface area contributed by atoms with Crippen molar-refractivity contribution in [3.8, 4) is 5.75 Å². The average Bonchev–Trinajstić information content (AvgIpc) is 2.66. The van der Waals surface area contributed by atoms with Crippen molar-refractivity contribution in [3.63, 3.8) is 0 Å². The van der Waals surface area contributed by atoms with Crippen LogP contribution in [0.1, 0.15) is 47.2 Å². The highest BCUT2D eigenvalue weighted by molar-refractivity contribution is 5.98. The molecular formula is C20H20N2O5. The number of fused-ring (bicyclic) bond motifs is 1. The Hall–Kier alpha value is -3.35. The average molecular weight is 368 g/mol. The summed E-state index contributed by atoms with van der Waals surface area (Å²) in [7, 11) is 1.52. The van der Waals surface area contributed by atoms with Gasteiger partial charge in [-0.05, 0) is 35.4 Å². The van der Waals surface area contributed by atoms with E-state index in [1.807, 2.05) is 0 Å². The van der Waals surface area contributed by atoms with Crippen LogP contribution in [-0.2, 0) is 9.59 Å². The van der Waals surface area contributed by atoms with E-state index in [4.69, 9.17) is 9.84 Å². The van der Waals surface area contributed by atoms with Gasteiger partial charge in [0, 0.05) is 24.4 Å². The first-order valence-electron chi connectivity index (χ1n) is 8.57. The number of rotatable bonds is 5. The molecule has 1 heterocycles. The molecule has 0 spiro atoms. The minimum Gasteiger partial charge on any atom is -0.495 e. The largest absolute Gasteiger partial charge is 0.495 e. The van der Waals surface area contributed by atoms with Gasteiger partial charge in [0.1, 0.15) is 5.75 Å². The van der Waals surface area contributed by atoms with Crippen LogP contribution in [0.15, 0.2) is 36.4 Å². The van der Waals surface area contributed by atoms with E-state index in [2.05, 4.69) is 10.6 Å². The van der Waals surface area contributed by atoms with Crippen LogP contribution in [0.3, 0.4) is 0 Å². The van der Waals surface area contributed by atoms with Gasteiger partial charge in [0.05, 0.1) is 18.4 Å². The van der Waals surface area contributed by atoms with E-state index >= 15 is 0 Å². The summed E-state index contributed by atoms with van der Waals surface area (Å²) in [4.78, 5) is 35.0. The highest BCUT2D eigenvalue weighted by Gasteiger charge is 2.28. The molecule has 7 heteroatoms. The lowest BCUT2D eigenvalue weighted by Gasteiger charge is -2.27. The van der Waals surface area contributed by atoms with Crippen LogP contribution < -0.4 is 15.4 Å². The maximum absolute atomic E-state index is 12.2. The zero-order valence-electron chi connectivity index (χ0n) is 15.0. The van der Waals surface area contributed by atoms with Gasteiger partial charge in [0.2, 0.25) is 11.8 Å². The monoisotopic (exact) mass is 368 g/mol. The second-order valence-corrected chi connectivity index (χ2v) is 6.27. The molecule has 1 aliphatic rings. The number of hydrogen-bond donors (Lipinski definition) is 3. The summed E-state index contributed by atoms with van der Waals surface area (Å²) in [6.45, 7) is 1.75. The molecule has 0 radical (unpaired) electrons. The van der Waals surface area contributed by atoms with Gasteiger partial charge in [-0.1, -0.05) is 19.1 Å². The summed E-state index contributed by atoms with van der Waals surface area (Å²) in [6.07, 6.45) is 0.564. The summed E-state index contributed by atoms with van der Waals surface area (Å²) >= 11 is 0. The summed E-state index contributed by atoms with van der Waals surface area (Å²) in [6, 6.07) is 9.98. The summed E-state index contributed by atoms with van der Waals surface area (Å²) in [5, 5.41) is 14.7. The molecule has 2 aromatic rings. The number of carbonyl (C=O) groups is 3. The number of ether oxygens (including phenoxy) is 1. The molecule has 3 rings (SSSR count). The molecule has 2 aromatic carbocycles. The molecular weight excluding hydrogens is 348 g/mol. The smallest absolute Gasteiger partial charge is 0.335 e. The van der Waals surface area contributed by atoms with Crippen LogP contribution in [0.25, 0.3) is 0 Å². The Labute approximate surface area is 156 Å². The van der Waals surface area contributed by atoms with Crippen LogP contribution in [0, 0.1) is 0 Å². The molecule has 27 heavy (non-hydrogen) atoms. The molecule has 7 nitrogen and oxygen atoms in total. The normalized spacial score (nSPS) is 15.5. The van der Waals surface area contributed by atoms with Gasteiger partial charge in [-0.15, -0.1) is 0 Å². The molecule has 0 bridgehead atoms. The van der Waals surface area contributed by atoms with Crippen molar-refractivity contribution >= 4 is 29.2 Å². The third-order valence-corrected chi connectivity index (χ3v) is 4.57. The number of methoxy groups -OCH3 is 1. The quantitative estimate of drug-likeness (QED) is 0.752. The van der Waals surface area contributed by atoms with E-state index in [0.29, 0.717) is 23.5 Å². The summed E-state index contributed by atoms with van der Waals surface area (Å²) < 4.78 is 5.41. The Bertz CT molecular complexity index is 905. The van der Waals surface area contributed by atoms with Crippen LogP contribution in [0.4, 0.5) is 11.4 Å². The Morgan fingerprint density at radius 2 is 1.96 bits per heavy atom. The molecule has 1 atom stereocenters. The topological polar surface area (TPSA) is 105 Å². The third kappa shape index (κ3) is 3.76. The van der Waals surface area contributed by atoms with Gasteiger partial charge in [0.15, 0.2) is 0 Å². The number of hydrogen-bond acceptors (Lipinski definition) is 4. The Kier molecular flexibility index (Phi) is 5.12. The van der Waals surface area contributed by atoms with Crippen molar-refractivity contribution in [2.24, 2.45) is 0 Å². The fourth-order valence-corrected chi connectivity index (χ4v) is 3.15. The van der Waals surface area contributed by atoms with Gasteiger partial charge >= 0.3 is 5.97 Å². The molecule has 1 unspecified atom stereocenters. The maximum atomic E-state index is 12.2. The highest BCUT2D eigenvalue weighted by Crippen LogP contribution is 2.42. The summed E-state index contributed by atoms with van der Waals surface area (Å²) in [5.74, 6) is -1.04.